The summed E-state index contributed by atoms with van der Waals surface area (Å²) in [5, 5.41) is 8.87. The van der Waals surface area contributed by atoms with Crippen LogP contribution < -0.4 is 0 Å². The second-order valence-corrected chi connectivity index (χ2v) is 6.07. The molecule has 108 valence electrons. The van der Waals surface area contributed by atoms with Crippen molar-refractivity contribution in [1.29, 1.82) is 5.26 Å². The van der Waals surface area contributed by atoms with E-state index in [0.717, 1.165) is 18.7 Å². The van der Waals surface area contributed by atoms with Gasteiger partial charge in [0.15, 0.2) is 0 Å². The zero-order chi connectivity index (χ0) is 14.8. The lowest BCUT2D eigenvalue weighted by Gasteiger charge is -2.49. The van der Waals surface area contributed by atoms with Gasteiger partial charge in [0, 0.05) is 18.6 Å². The van der Waals surface area contributed by atoms with Gasteiger partial charge in [-0.05, 0) is 58.1 Å². The molecular formula is C16H22FN3. The number of likely N-dealkylation sites (N-methyl/N-ethyl adjacent to an activating group) is 2. The molecule has 0 unspecified atom stereocenters. The lowest BCUT2D eigenvalue weighted by Crippen LogP contribution is -2.56. The van der Waals surface area contributed by atoms with Crippen LogP contribution in [0.15, 0.2) is 18.2 Å². The van der Waals surface area contributed by atoms with E-state index in [1.807, 2.05) is 6.07 Å². The molecule has 0 atom stereocenters. The highest BCUT2D eigenvalue weighted by Gasteiger charge is 2.39. The van der Waals surface area contributed by atoms with Crippen molar-refractivity contribution in [3.8, 4) is 6.07 Å². The molecule has 0 spiro atoms. The van der Waals surface area contributed by atoms with Gasteiger partial charge in [0.1, 0.15) is 11.9 Å². The van der Waals surface area contributed by atoms with Crippen molar-refractivity contribution in [2.45, 2.75) is 31.3 Å². The number of halogens is 1. The van der Waals surface area contributed by atoms with Crippen molar-refractivity contribution in [2.75, 3.05) is 27.7 Å². The van der Waals surface area contributed by atoms with Crippen molar-refractivity contribution in [2.24, 2.45) is 0 Å². The van der Waals surface area contributed by atoms with E-state index >= 15 is 0 Å². The Morgan fingerprint density at radius 3 is 2.50 bits per heavy atom. The van der Waals surface area contributed by atoms with Crippen molar-refractivity contribution in [3.05, 3.63) is 35.1 Å². The normalized spacial score (nSPS) is 17.1. The Bertz CT molecular complexity index is 515. The summed E-state index contributed by atoms with van der Waals surface area (Å²) >= 11 is 0. The maximum Gasteiger partial charge on any atom is 0.140 e. The monoisotopic (exact) mass is 275 g/mol. The molecule has 20 heavy (non-hydrogen) atoms. The number of benzene rings is 1. The molecule has 0 heterocycles. The minimum atomic E-state index is -0.442. The Kier molecular flexibility index (Phi) is 4.42. The van der Waals surface area contributed by atoms with Crippen LogP contribution in [0.1, 0.15) is 30.4 Å². The maximum atomic E-state index is 13.3. The molecular weight excluding hydrogens is 253 g/mol. The summed E-state index contributed by atoms with van der Waals surface area (Å²) < 4.78 is 13.3. The van der Waals surface area contributed by atoms with Gasteiger partial charge in [-0.15, -0.1) is 0 Å². The van der Waals surface area contributed by atoms with Gasteiger partial charge in [-0.3, -0.25) is 0 Å². The highest BCUT2D eigenvalue weighted by atomic mass is 19.1. The molecule has 4 heteroatoms. The van der Waals surface area contributed by atoms with E-state index in [-0.39, 0.29) is 11.1 Å². The molecule has 2 rings (SSSR count). The maximum absolute atomic E-state index is 13.3. The molecule has 0 amide bonds. The summed E-state index contributed by atoms with van der Waals surface area (Å²) in [6.45, 7) is 1.74. The average molecular weight is 275 g/mol. The predicted octanol–water partition coefficient (Wildman–Crippen LogP) is 2.61. The van der Waals surface area contributed by atoms with E-state index in [0.29, 0.717) is 0 Å². The van der Waals surface area contributed by atoms with E-state index in [4.69, 9.17) is 5.26 Å². The van der Waals surface area contributed by atoms with Gasteiger partial charge in [0.05, 0.1) is 5.56 Å². The number of nitrogens with zero attached hydrogens (tertiary/aromatic N) is 3. The molecule has 1 fully saturated rings. The summed E-state index contributed by atoms with van der Waals surface area (Å²) in [5.74, 6) is -0.442. The smallest absolute Gasteiger partial charge is 0.140 e. The molecule has 0 N–H and O–H groups in total. The van der Waals surface area contributed by atoms with E-state index < -0.39 is 5.82 Å². The van der Waals surface area contributed by atoms with Gasteiger partial charge in [-0.2, -0.15) is 5.26 Å². The number of hydrogen-bond donors (Lipinski definition) is 0. The van der Waals surface area contributed by atoms with Crippen molar-refractivity contribution < 1.29 is 4.39 Å². The minimum Gasteiger partial charge on any atom is -0.302 e. The first-order chi connectivity index (χ1) is 9.47. The fourth-order valence-electron chi connectivity index (χ4n) is 2.96. The zero-order valence-electron chi connectivity index (χ0n) is 12.5. The largest absolute Gasteiger partial charge is 0.302 e. The molecule has 3 nitrogen and oxygen atoms in total. The molecule has 0 aliphatic heterocycles. The average Bonchev–Trinajstić information content (AvgIpc) is 2.35. The lowest BCUT2D eigenvalue weighted by molar-refractivity contribution is 0.0259. The molecule has 0 saturated heterocycles. The summed E-state index contributed by atoms with van der Waals surface area (Å²) in [6.07, 6.45) is 3.76. The Balaban J connectivity index is 2.01. The van der Waals surface area contributed by atoms with Crippen molar-refractivity contribution in [3.63, 3.8) is 0 Å². The van der Waals surface area contributed by atoms with Crippen LogP contribution >= 0.6 is 0 Å². The van der Waals surface area contributed by atoms with Gasteiger partial charge in [0.2, 0.25) is 0 Å². The van der Waals surface area contributed by atoms with Crippen LogP contribution in [0.25, 0.3) is 0 Å². The quantitative estimate of drug-likeness (QED) is 0.827. The van der Waals surface area contributed by atoms with Gasteiger partial charge in [-0.25, -0.2) is 4.39 Å². The minimum absolute atomic E-state index is 0.127. The second-order valence-electron chi connectivity index (χ2n) is 6.07. The van der Waals surface area contributed by atoms with Crippen LogP contribution in [-0.2, 0) is 6.54 Å². The SMILES string of the molecule is CN(Cc1ccc(F)c(C#N)c1)CC1(N(C)C)CCC1. The van der Waals surface area contributed by atoms with Crippen LogP contribution in [0.4, 0.5) is 4.39 Å². The third-order valence-electron chi connectivity index (χ3n) is 4.40. The molecule has 0 bridgehead atoms. The van der Waals surface area contributed by atoms with E-state index in [1.54, 1.807) is 12.1 Å². The summed E-state index contributed by atoms with van der Waals surface area (Å²) in [4.78, 5) is 4.58. The molecule has 1 aliphatic carbocycles. The van der Waals surface area contributed by atoms with Crippen LogP contribution in [0, 0.1) is 17.1 Å². The topological polar surface area (TPSA) is 30.3 Å². The lowest BCUT2D eigenvalue weighted by atomic mass is 9.75. The molecule has 1 aromatic carbocycles. The second kappa shape index (κ2) is 5.90. The van der Waals surface area contributed by atoms with Gasteiger partial charge in [0.25, 0.3) is 0 Å². The van der Waals surface area contributed by atoms with E-state index in [2.05, 4.69) is 30.9 Å². The fraction of sp³-hybridized carbons (Fsp3) is 0.562. The van der Waals surface area contributed by atoms with Crippen LogP contribution in [0.5, 0.6) is 0 Å². The highest BCUT2D eigenvalue weighted by molar-refractivity contribution is 5.34. The van der Waals surface area contributed by atoms with Crippen molar-refractivity contribution in [1.82, 2.24) is 9.80 Å². The van der Waals surface area contributed by atoms with Crippen LogP contribution in [0.2, 0.25) is 0 Å². The Labute approximate surface area is 120 Å². The Morgan fingerprint density at radius 2 is 2.00 bits per heavy atom. The van der Waals surface area contributed by atoms with Crippen LogP contribution in [-0.4, -0.2) is 43.0 Å². The first-order valence-corrected chi connectivity index (χ1v) is 7.01. The number of nitriles is 1. The predicted molar refractivity (Wildman–Crippen MR) is 77.7 cm³/mol. The standard InChI is InChI=1S/C16H22FN3/c1-19(2)16(7-4-8-16)12-20(3)11-13-5-6-15(17)14(9-13)10-18/h5-6,9H,4,7-8,11-12H2,1-3H3. The molecule has 1 saturated carbocycles. The van der Waals surface area contributed by atoms with E-state index in [9.17, 15) is 4.39 Å². The third kappa shape index (κ3) is 3.00. The molecule has 1 aromatic rings. The Morgan fingerprint density at radius 1 is 1.30 bits per heavy atom. The van der Waals surface area contributed by atoms with E-state index in [1.165, 1.54) is 25.3 Å². The van der Waals surface area contributed by atoms with Gasteiger partial charge >= 0.3 is 0 Å². The van der Waals surface area contributed by atoms with Crippen LogP contribution in [0.3, 0.4) is 0 Å². The summed E-state index contributed by atoms with van der Waals surface area (Å²) in [5.41, 5.74) is 1.40. The zero-order valence-corrected chi connectivity index (χ0v) is 12.5. The van der Waals surface area contributed by atoms with Crippen molar-refractivity contribution >= 4 is 0 Å². The summed E-state index contributed by atoms with van der Waals surface area (Å²) in [6, 6.07) is 6.69. The highest BCUT2D eigenvalue weighted by Crippen LogP contribution is 2.36. The van der Waals surface area contributed by atoms with Gasteiger partial charge < -0.3 is 9.80 Å². The molecule has 0 aromatic heterocycles. The number of rotatable bonds is 5. The fourth-order valence-corrected chi connectivity index (χ4v) is 2.96. The molecule has 1 aliphatic rings. The molecule has 0 radical (unpaired) electrons. The van der Waals surface area contributed by atoms with Gasteiger partial charge in [-0.1, -0.05) is 6.07 Å². The third-order valence-corrected chi connectivity index (χ3v) is 4.40. The number of hydrogen-bond acceptors (Lipinski definition) is 3. The summed E-state index contributed by atoms with van der Waals surface area (Å²) in [7, 11) is 6.36. The Hall–Kier alpha value is -1.44. The first-order valence-electron chi connectivity index (χ1n) is 7.01. The first kappa shape index (κ1) is 15.0.